The monoisotopic (exact) mass is 710 g/mol. The van der Waals surface area contributed by atoms with Gasteiger partial charge < -0.3 is 25.8 Å². The van der Waals surface area contributed by atoms with Crippen molar-refractivity contribution in [2.45, 2.75) is 56.5 Å². The summed E-state index contributed by atoms with van der Waals surface area (Å²) in [6.07, 6.45) is 4.59. The number of piperazine rings is 1. The zero-order chi connectivity index (χ0) is 35.8. The normalized spacial score (nSPS) is 16.9. The maximum atomic E-state index is 15.5. The third kappa shape index (κ3) is 8.82. The van der Waals surface area contributed by atoms with Crippen molar-refractivity contribution < 1.29 is 32.3 Å². The average molecular weight is 711 g/mol. The van der Waals surface area contributed by atoms with Gasteiger partial charge in [-0.2, -0.15) is 14.0 Å². The van der Waals surface area contributed by atoms with Gasteiger partial charge in [0.15, 0.2) is 0 Å². The summed E-state index contributed by atoms with van der Waals surface area (Å²) in [5, 5.41) is 20.2. The Morgan fingerprint density at radius 1 is 1.04 bits per heavy atom. The standard InChI is InChI=1S/C34H37F3N8O4S/c1-44-12-14-45(15-13-44)32(48)27(41-30(46)28-20-39-43-50-28)18-21-10-11-26(25(35)17-21)40-31(47)29(23-7-3-2-4-8-23)42-33(49)34(36,37)24-9-5-6-22(16-24)19-38/h5-6,9-11,16-17,20,23,27,29H,2-4,7-8,12-15,18H2,1H3,(H,40,47)(H,41,46)(H,42,49)/t27-,29+/m1/s1. The number of carbonyl (C=O) groups excluding carboxylic acids is 4. The molecule has 0 unspecified atom stereocenters. The maximum absolute atomic E-state index is 15.5. The Balaban J connectivity index is 1.31. The first-order valence-corrected chi connectivity index (χ1v) is 17.1. The smallest absolute Gasteiger partial charge is 0.339 e. The molecule has 2 fully saturated rings. The van der Waals surface area contributed by atoms with Gasteiger partial charge in [0.2, 0.25) is 11.8 Å². The second kappa shape index (κ2) is 16.2. The van der Waals surface area contributed by atoms with Gasteiger partial charge in [-0.3, -0.25) is 19.2 Å². The first-order chi connectivity index (χ1) is 24.0. The molecule has 0 radical (unpaired) electrons. The number of aromatic nitrogens is 2. The number of alkyl halides is 2. The molecule has 2 atom stereocenters. The number of hydrogen-bond acceptors (Lipinski definition) is 9. The molecule has 12 nitrogen and oxygen atoms in total. The second-order valence-corrected chi connectivity index (χ2v) is 13.3. The quantitative estimate of drug-likeness (QED) is 0.273. The number of nitrogens with zero attached hydrogens (tertiary/aromatic N) is 5. The van der Waals surface area contributed by atoms with Crippen LogP contribution in [0.1, 0.15) is 58.5 Å². The van der Waals surface area contributed by atoms with Crippen LogP contribution in [0, 0.1) is 23.1 Å². The summed E-state index contributed by atoms with van der Waals surface area (Å²) in [6.45, 7) is 2.23. The van der Waals surface area contributed by atoms with Crippen molar-refractivity contribution in [2.24, 2.45) is 5.92 Å². The number of hydrogen-bond donors (Lipinski definition) is 3. The molecule has 5 rings (SSSR count). The highest BCUT2D eigenvalue weighted by Gasteiger charge is 2.44. The van der Waals surface area contributed by atoms with E-state index in [9.17, 15) is 19.2 Å². The molecule has 3 N–H and O–H groups in total. The Morgan fingerprint density at radius 3 is 2.44 bits per heavy atom. The summed E-state index contributed by atoms with van der Waals surface area (Å²) in [5.41, 5.74) is -0.635. The van der Waals surface area contributed by atoms with Gasteiger partial charge in [0, 0.05) is 38.2 Å². The molecule has 2 heterocycles. The highest BCUT2D eigenvalue weighted by Crippen LogP contribution is 2.32. The largest absolute Gasteiger partial charge is 0.349 e. The molecule has 1 aliphatic carbocycles. The number of nitriles is 1. The number of rotatable bonds is 11. The molecule has 1 saturated carbocycles. The SMILES string of the molecule is CN1CCN(C(=O)[C@@H](Cc2ccc(NC(=O)[C@@H](NC(=O)C(F)(F)c3cccc(C#N)c3)C3CCCCC3)c(F)c2)NC(=O)c2cnns2)CC1. The zero-order valence-corrected chi connectivity index (χ0v) is 28.1. The number of nitrogens with one attached hydrogen (secondary N) is 3. The summed E-state index contributed by atoms with van der Waals surface area (Å²) in [5.74, 6) is -8.80. The van der Waals surface area contributed by atoms with Crippen molar-refractivity contribution in [3.63, 3.8) is 0 Å². The number of halogens is 3. The van der Waals surface area contributed by atoms with E-state index in [-0.39, 0.29) is 28.5 Å². The fourth-order valence-electron chi connectivity index (χ4n) is 6.19. The topological polar surface area (TPSA) is 160 Å². The lowest BCUT2D eigenvalue weighted by Crippen LogP contribution is -2.55. The van der Waals surface area contributed by atoms with Crippen molar-refractivity contribution in [1.82, 2.24) is 30.0 Å². The first kappa shape index (κ1) is 36.4. The van der Waals surface area contributed by atoms with Crippen LogP contribution in [-0.2, 0) is 26.7 Å². The van der Waals surface area contributed by atoms with Crippen molar-refractivity contribution in [1.29, 1.82) is 5.26 Å². The van der Waals surface area contributed by atoms with E-state index in [0.717, 1.165) is 49.0 Å². The molecule has 0 bridgehead atoms. The third-order valence-electron chi connectivity index (χ3n) is 9.06. The van der Waals surface area contributed by atoms with Crippen LogP contribution in [0.25, 0.3) is 0 Å². The molecule has 2 aromatic carbocycles. The van der Waals surface area contributed by atoms with Crippen molar-refractivity contribution >= 4 is 40.8 Å². The highest BCUT2D eigenvalue weighted by molar-refractivity contribution is 7.07. The van der Waals surface area contributed by atoms with Gasteiger partial charge >= 0.3 is 5.92 Å². The molecule has 4 amide bonds. The van der Waals surface area contributed by atoms with Crippen molar-refractivity contribution in [3.8, 4) is 6.07 Å². The second-order valence-electron chi connectivity index (χ2n) is 12.6. The lowest BCUT2D eigenvalue weighted by Gasteiger charge is -2.34. The van der Waals surface area contributed by atoms with E-state index in [2.05, 4.69) is 30.4 Å². The first-order valence-electron chi connectivity index (χ1n) is 16.3. The van der Waals surface area contributed by atoms with Crippen LogP contribution in [0.2, 0.25) is 0 Å². The molecular weight excluding hydrogens is 673 g/mol. The van der Waals surface area contributed by atoms with Gasteiger partial charge in [-0.25, -0.2) is 4.39 Å². The Kier molecular flexibility index (Phi) is 11.8. The van der Waals surface area contributed by atoms with Crippen LogP contribution in [0.4, 0.5) is 18.9 Å². The van der Waals surface area contributed by atoms with E-state index in [1.807, 2.05) is 7.05 Å². The minimum absolute atomic E-state index is 0.0509. The molecule has 16 heteroatoms. The fourth-order valence-corrected chi connectivity index (χ4v) is 6.61. The summed E-state index contributed by atoms with van der Waals surface area (Å²) >= 11 is 0.870. The molecule has 50 heavy (non-hydrogen) atoms. The van der Waals surface area contributed by atoms with Crippen LogP contribution in [0.3, 0.4) is 0 Å². The molecule has 1 aliphatic heterocycles. The minimum Gasteiger partial charge on any atom is -0.339 e. The molecular formula is C34H37F3N8O4S. The van der Waals surface area contributed by atoms with Gasteiger partial charge in [-0.1, -0.05) is 41.9 Å². The van der Waals surface area contributed by atoms with Crippen molar-refractivity contribution in [3.05, 3.63) is 76.0 Å². The van der Waals surface area contributed by atoms with Gasteiger partial charge in [-0.05, 0) is 67.2 Å². The number of anilines is 1. The van der Waals surface area contributed by atoms with Crippen LogP contribution < -0.4 is 16.0 Å². The van der Waals surface area contributed by atoms with Gasteiger partial charge in [0.1, 0.15) is 22.8 Å². The van der Waals surface area contributed by atoms with Crippen LogP contribution in [-0.4, -0.2) is 88.3 Å². The number of carbonyl (C=O) groups is 4. The molecule has 1 saturated heterocycles. The molecule has 264 valence electrons. The Morgan fingerprint density at radius 2 is 1.78 bits per heavy atom. The number of likely N-dealkylation sites (N-methyl/N-ethyl adjacent to an activating group) is 1. The Labute approximate surface area is 291 Å². The molecule has 1 aromatic heterocycles. The van der Waals surface area contributed by atoms with Gasteiger partial charge in [0.05, 0.1) is 23.5 Å². The van der Waals surface area contributed by atoms with E-state index in [1.165, 1.54) is 30.5 Å². The van der Waals surface area contributed by atoms with E-state index in [1.54, 1.807) is 11.0 Å². The number of benzene rings is 2. The maximum Gasteiger partial charge on any atom is 0.349 e. The fraction of sp³-hybridized carbons (Fsp3) is 0.441. The van der Waals surface area contributed by atoms with E-state index < -0.39 is 53.0 Å². The molecule has 3 aromatic rings. The average Bonchev–Trinajstić information content (AvgIpc) is 3.67. The predicted molar refractivity (Wildman–Crippen MR) is 178 cm³/mol. The van der Waals surface area contributed by atoms with E-state index in [4.69, 9.17) is 5.26 Å². The van der Waals surface area contributed by atoms with Crippen molar-refractivity contribution in [2.75, 3.05) is 38.5 Å². The third-order valence-corrected chi connectivity index (χ3v) is 9.73. The molecule has 2 aliphatic rings. The summed E-state index contributed by atoms with van der Waals surface area (Å²) in [6, 6.07) is 7.77. The Bertz CT molecular complexity index is 1740. The molecule has 0 spiro atoms. The van der Waals surface area contributed by atoms with E-state index in [0.29, 0.717) is 44.6 Å². The lowest BCUT2D eigenvalue weighted by atomic mass is 9.83. The van der Waals surface area contributed by atoms with Crippen LogP contribution >= 0.6 is 11.5 Å². The number of amides is 4. The highest BCUT2D eigenvalue weighted by atomic mass is 32.1. The Hall–Kier alpha value is -4.88. The van der Waals surface area contributed by atoms with Crippen LogP contribution in [0.5, 0.6) is 0 Å². The minimum atomic E-state index is -4.04. The summed E-state index contributed by atoms with van der Waals surface area (Å²) < 4.78 is 49.8. The van der Waals surface area contributed by atoms with Gasteiger partial charge in [-0.15, -0.1) is 5.10 Å². The van der Waals surface area contributed by atoms with E-state index >= 15 is 13.2 Å². The zero-order valence-electron chi connectivity index (χ0n) is 27.3. The lowest BCUT2D eigenvalue weighted by molar-refractivity contribution is -0.149. The predicted octanol–water partition coefficient (Wildman–Crippen LogP) is 3.46. The van der Waals surface area contributed by atoms with Crippen LogP contribution in [0.15, 0.2) is 48.7 Å². The summed E-state index contributed by atoms with van der Waals surface area (Å²) in [7, 11) is 1.94. The van der Waals surface area contributed by atoms with Gasteiger partial charge in [0.25, 0.3) is 11.8 Å². The summed E-state index contributed by atoms with van der Waals surface area (Å²) in [4.78, 5) is 56.8.